The number of aryl methyl sites for hydroxylation is 1. The Morgan fingerprint density at radius 3 is 2.79 bits per heavy atom. The van der Waals surface area contributed by atoms with Gasteiger partial charge in [-0.15, -0.1) is 0 Å². The van der Waals surface area contributed by atoms with E-state index in [2.05, 4.69) is 35.7 Å². The third-order valence-corrected chi connectivity index (χ3v) is 5.72. The number of carbonyl (C=O) groups excluding carboxylic acids is 1. The maximum atomic E-state index is 11.4. The summed E-state index contributed by atoms with van der Waals surface area (Å²) in [5, 5.41) is 23.4. The van der Waals surface area contributed by atoms with E-state index in [1.807, 2.05) is 31.2 Å². The molecule has 4 atom stereocenters. The van der Waals surface area contributed by atoms with Crippen molar-refractivity contribution in [3.63, 3.8) is 0 Å². The average molecular weight is 400 g/mol. The van der Waals surface area contributed by atoms with Crippen molar-refractivity contribution < 1.29 is 15.0 Å². The molecule has 0 aromatic heterocycles. The second kappa shape index (κ2) is 13.3. The van der Waals surface area contributed by atoms with Crippen LogP contribution in [0.1, 0.15) is 57.4 Å². The third-order valence-electron chi connectivity index (χ3n) is 5.72. The van der Waals surface area contributed by atoms with Crippen LogP contribution in [-0.4, -0.2) is 34.9 Å². The Morgan fingerprint density at radius 2 is 2.03 bits per heavy atom. The largest absolute Gasteiger partial charge is 0.393 e. The van der Waals surface area contributed by atoms with Crippen molar-refractivity contribution in [1.82, 2.24) is 5.32 Å². The normalized spacial score (nSPS) is 23.1. The quantitative estimate of drug-likeness (QED) is 0.365. The van der Waals surface area contributed by atoms with Crippen molar-refractivity contribution >= 4 is 5.91 Å². The molecule has 0 spiro atoms. The second-order valence-electron chi connectivity index (χ2n) is 8.00. The Bertz CT molecular complexity index is 641. The van der Waals surface area contributed by atoms with Gasteiger partial charge in [-0.05, 0) is 69.3 Å². The molecule has 160 valence electrons. The molecule has 3 N–H and O–H groups in total. The summed E-state index contributed by atoms with van der Waals surface area (Å²) in [5.74, 6) is 0.645. The summed E-state index contributed by atoms with van der Waals surface area (Å²) < 4.78 is 0. The number of carbonyl (C=O) groups is 1. The summed E-state index contributed by atoms with van der Waals surface area (Å²) in [7, 11) is 0. The number of aliphatic hydroxyl groups excluding tert-OH is 2. The van der Waals surface area contributed by atoms with Crippen molar-refractivity contribution in [1.29, 1.82) is 0 Å². The lowest BCUT2D eigenvalue weighted by Crippen LogP contribution is -2.21. The van der Waals surface area contributed by atoms with Gasteiger partial charge in [0.1, 0.15) is 0 Å². The van der Waals surface area contributed by atoms with Crippen molar-refractivity contribution in [3.05, 3.63) is 60.2 Å². The summed E-state index contributed by atoms with van der Waals surface area (Å²) in [5.41, 5.74) is 1.24. The van der Waals surface area contributed by atoms with Gasteiger partial charge in [0, 0.05) is 13.0 Å². The van der Waals surface area contributed by atoms with Crippen LogP contribution in [0.15, 0.2) is 54.6 Å². The number of rotatable bonds is 12. The SMILES string of the molecule is CCNC(=O)CCC/C=C\C[C@H]1[C@@H](O)CC[C@@H]1/C=C/[C@@H](O)CCc1ccccc1. The van der Waals surface area contributed by atoms with E-state index in [-0.39, 0.29) is 17.9 Å². The molecule has 0 bridgehead atoms. The van der Waals surface area contributed by atoms with Crippen LogP contribution < -0.4 is 5.32 Å². The van der Waals surface area contributed by atoms with Gasteiger partial charge >= 0.3 is 0 Å². The van der Waals surface area contributed by atoms with Gasteiger partial charge in [-0.2, -0.15) is 0 Å². The molecule has 4 nitrogen and oxygen atoms in total. The maximum Gasteiger partial charge on any atom is 0.219 e. The number of hydrogen-bond donors (Lipinski definition) is 3. The molecule has 0 saturated heterocycles. The van der Waals surface area contributed by atoms with Gasteiger partial charge in [-0.25, -0.2) is 0 Å². The maximum absolute atomic E-state index is 11.4. The average Bonchev–Trinajstić information content (AvgIpc) is 3.08. The topological polar surface area (TPSA) is 69.6 Å². The van der Waals surface area contributed by atoms with E-state index in [1.165, 1.54) is 5.56 Å². The first-order valence-corrected chi connectivity index (χ1v) is 11.1. The molecule has 1 aromatic rings. The lowest BCUT2D eigenvalue weighted by atomic mass is 9.90. The summed E-state index contributed by atoms with van der Waals surface area (Å²) in [6.07, 6.45) is 14.1. The highest BCUT2D eigenvalue weighted by atomic mass is 16.3. The molecule has 1 fully saturated rings. The van der Waals surface area contributed by atoms with E-state index in [0.717, 1.165) is 38.5 Å². The Morgan fingerprint density at radius 1 is 1.24 bits per heavy atom. The summed E-state index contributed by atoms with van der Waals surface area (Å²) in [6.45, 7) is 2.61. The van der Waals surface area contributed by atoms with Crippen LogP contribution in [0.4, 0.5) is 0 Å². The number of hydrogen-bond acceptors (Lipinski definition) is 3. The van der Waals surface area contributed by atoms with Crippen LogP contribution >= 0.6 is 0 Å². The van der Waals surface area contributed by atoms with Gasteiger partial charge in [-0.1, -0.05) is 54.6 Å². The number of amides is 1. The highest BCUT2D eigenvalue weighted by Gasteiger charge is 2.32. The van der Waals surface area contributed by atoms with Gasteiger partial charge in [0.25, 0.3) is 0 Å². The van der Waals surface area contributed by atoms with Gasteiger partial charge in [0.15, 0.2) is 0 Å². The molecule has 0 radical (unpaired) electrons. The highest BCUT2D eigenvalue weighted by Crippen LogP contribution is 2.36. The van der Waals surface area contributed by atoms with E-state index in [4.69, 9.17) is 0 Å². The number of benzene rings is 1. The summed E-state index contributed by atoms with van der Waals surface area (Å²) in [6, 6.07) is 10.2. The zero-order chi connectivity index (χ0) is 20.9. The second-order valence-corrected chi connectivity index (χ2v) is 8.00. The fourth-order valence-electron chi connectivity index (χ4n) is 4.01. The molecule has 1 aromatic carbocycles. The zero-order valence-electron chi connectivity index (χ0n) is 17.7. The van der Waals surface area contributed by atoms with Gasteiger partial charge in [0.05, 0.1) is 12.2 Å². The Hall–Kier alpha value is -1.91. The number of nitrogens with one attached hydrogen (secondary N) is 1. The molecular weight excluding hydrogens is 362 g/mol. The molecule has 2 rings (SSSR count). The fraction of sp³-hybridized carbons (Fsp3) is 0.560. The lowest BCUT2D eigenvalue weighted by molar-refractivity contribution is -0.121. The van der Waals surface area contributed by atoms with Crippen LogP contribution in [0.5, 0.6) is 0 Å². The molecule has 0 aliphatic heterocycles. The molecule has 1 aliphatic rings. The molecule has 0 unspecified atom stereocenters. The smallest absolute Gasteiger partial charge is 0.219 e. The predicted octanol–water partition coefficient (Wildman–Crippen LogP) is 4.18. The Kier molecular flexibility index (Phi) is 10.7. The van der Waals surface area contributed by atoms with Crippen molar-refractivity contribution in [2.24, 2.45) is 11.8 Å². The molecule has 4 heteroatoms. The number of unbranched alkanes of at least 4 members (excludes halogenated alkanes) is 1. The molecule has 1 saturated carbocycles. The van der Waals surface area contributed by atoms with Crippen molar-refractivity contribution in [2.45, 2.75) is 70.5 Å². The van der Waals surface area contributed by atoms with Crippen LogP contribution in [0, 0.1) is 11.8 Å². The van der Waals surface area contributed by atoms with E-state index in [0.29, 0.717) is 25.3 Å². The van der Waals surface area contributed by atoms with Crippen LogP contribution in [0.25, 0.3) is 0 Å². The lowest BCUT2D eigenvalue weighted by Gasteiger charge is -2.18. The number of allylic oxidation sites excluding steroid dienone is 3. The first-order valence-electron chi connectivity index (χ1n) is 11.1. The Labute approximate surface area is 175 Å². The first-order chi connectivity index (χ1) is 14.1. The van der Waals surface area contributed by atoms with Gasteiger partial charge in [0.2, 0.25) is 5.91 Å². The van der Waals surface area contributed by atoms with Crippen molar-refractivity contribution in [3.8, 4) is 0 Å². The monoisotopic (exact) mass is 399 g/mol. The first kappa shape index (κ1) is 23.4. The molecule has 1 amide bonds. The third kappa shape index (κ3) is 8.97. The van der Waals surface area contributed by atoms with E-state index < -0.39 is 6.10 Å². The summed E-state index contributed by atoms with van der Waals surface area (Å²) >= 11 is 0. The minimum atomic E-state index is -0.446. The molecule has 0 heterocycles. The van der Waals surface area contributed by atoms with Gasteiger partial charge < -0.3 is 15.5 Å². The number of aliphatic hydroxyl groups is 2. The van der Waals surface area contributed by atoms with E-state index >= 15 is 0 Å². The minimum absolute atomic E-state index is 0.114. The van der Waals surface area contributed by atoms with Crippen LogP contribution in [0.3, 0.4) is 0 Å². The molecule has 1 aliphatic carbocycles. The minimum Gasteiger partial charge on any atom is -0.393 e. The molecular formula is C25H37NO3. The standard InChI is InChI=1S/C25H37NO3/c1-2-26-25(29)13-9-4-3-8-12-23-21(16-19-24(23)28)15-18-22(27)17-14-20-10-6-5-7-11-20/h3,5-8,10-11,15,18,21-24,27-28H,2,4,9,12-14,16-17,19H2,1H3,(H,26,29)/b8-3-,18-15+/t21-,22-,23+,24-/m0/s1. The van der Waals surface area contributed by atoms with Crippen molar-refractivity contribution in [2.75, 3.05) is 6.54 Å². The van der Waals surface area contributed by atoms with Gasteiger partial charge in [-0.3, -0.25) is 4.79 Å². The van der Waals surface area contributed by atoms with E-state index in [9.17, 15) is 15.0 Å². The predicted molar refractivity (Wildman–Crippen MR) is 118 cm³/mol. The zero-order valence-corrected chi connectivity index (χ0v) is 17.7. The summed E-state index contributed by atoms with van der Waals surface area (Å²) in [4.78, 5) is 11.4. The van der Waals surface area contributed by atoms with E-state index in [1.54, 1.807) is 0 Å². The highest BCUT2D eigenvalue weighted by molar-refractivity contribution is 5.75. The fourth-order valence-corrected chi connectivity index (χ4v) is 4.01. The molecule has 29 heavy (non-hydrogen) atoms. The van der Waals surface area contributed by atoms with Crippen LogP contribution in [-0.2, 0) is 11.2 Å². The van der Waals surface area contributed by atoms with Crippen LogP contribution in [0.2, 0.25) is 0 Å². The Balaban J connectivity index is 1.71.